The van der Waals surface area contributed by atoms with Gasteiger partial charge in [0.05, 0.1) is 17.5 Å². The number of aliphatic hydroxyl groups excluding tert-OH is 1. The first-order valence-electron chi connectivity index (χ1n) is 6.17. The minimum Gasteiger partial charge on any atom is -0.386 e. The lowest BCUT2D eigenvalue weighted by Gasteiger charge is -2.13. The fraction of sp³-hybridized carbons (Fsp3) is 0.357. The quantitative estimate of drug-likeness (QED) is 0.934. The van der Waals surface area contributed by atoms with Crippen LogP contribution in [-0.2, 0) is 13.0 Å². The van der Waals surface area contributed by atoms with Gasteiger partial charge in [0.25, 0.3) is 0 Å². The number of rotatable bonds is 4. The van der Waals surface area contributed by atoms with E-state index in [4.69, 9.17) is 11.6 Å². The van der Waals surface area contributed by atoms with Crippen LogP contribution in [0, 0.1) is 12.7 Å². The molecule has 2 aromatic rings. The van der Waals surface area contributed by atoms with Crippen molar-refractivity contribution >= 4 is 11.6 Å². The smallest absolute Gasteiger partial charge is 0.124 e. The Balaban J connectivity index is 2.22. The minimum atomic E-state index is -0.705. The van der Waals surface area contributed by atoms with Crippen LogP contribution in [-0.4, -0.2) is 14.9 Å². The number of aromatic nitrogens is 2. The van der Waals surface area contributed by atoms with Crippen LogP contribution in [0.2, 0.25) is 5.02 Å². The Morgan fingerprint density at radius 2 is 2.16 bits per heavy atom. The van der Waals surface area contributed by atoms with Gasteiger partial charge in [-0.15, -0.1) is 0 Å². The summed E-state index contributed by atoms with van der Waals surface area (Å²) in [5, 5.41) is 14.9. The zero-order chi connectivity index (χ0) is 14.0. The van der Waals surface area contributed by atoms with Gasteiger partial charge in [0.15, 0.2) is 0 Å². The molecule has 3 nitrogen and oxygen atoms in total. The Morgan fingerprint density at radius 1 is 1.42 bits per heavy atom. The molecule has 0 bridgehead atoms. The van der Waals surface area contributed by atoms with E-state index in [1.54, 1.807) is 10.7 Å². The number of aliphatic hydroxyl groups is 1. The number of halogens is 2. The number of hydrogen-bond donors (Lipinski definition) is 1. The van der Waals surface area contributed by atoms with E-state index in [9.17, 15) is 9.50 Å². The highest BCUT2D eigenvalue weighted by Gasteiger charge is 2.16. The lowest BCUT2D eigenvalue weighted by Crippen LogP contribution is -2.10. The SMILES string of the molecule is CCn1nc(C)cc1C(O)Cc1ccc(F)cc1Cl. The molecule has 2 rings (SSSR count). The first kappa shape index (κ1) is 14.0. The second kappa shape index (κ2) is 5.72. The van der Waals surface area contributed by atoms with E-state index in [1.807, 2.05) is 19.9 Å². The van der Waals surface area contributed by atoms with Crippen LogP contribution in [0.25, 0.3) is 0 Å². The summed E-state index contributed by atoms with van der Waals surface area (Å²) in [6.45, 7) is 4.54. The lowest BCUT2D eigenvalue weighted by atomic mass is 10.1. The van der Waals surface area contributed by atoms with Crippen molar-refractivity contribution in [1.82, 2.24) is 9.78 Å². The summed E-state index contributed by atoms with van der Waals surface area (Å²) < 4.78 is 14.7. The van der Waals surface area contributed by atoms with Gasteiger partial charge >= 0.3 is 0 Å². The van der Waals surface area contributed by atoms with Gasteiger partial charge in [-0.2, -0.15) is 5.10 Å². The first-order valence-corrected chi connectivity index (χ1v) is 6.55. The summed E-state index contributed by atoms with van der Waals surface area (Å²) in [5.74, 6) is -0.377. The zero-order valence-electron chi connectivity index (χ0n) is 10.9. The molecule has 19 heavy (non-hydrogen) atoms. The highest BCUT2D eigenvalue weighted by molar-refractivity contribution is 6.31. The molecule has 1 heterocycles. The predicted molar refractivity (Wildman–Crippen MR) is 72.7 cm³/mol. The maximum atomic E-state index is 13.0. The molecule has 102 valence electrons. The van der Waals surface area contributed by atoms with Crippen LogP contribution in [0.3, 0.4) is 0 Å². The van der Waals surface area contributed by atoms with Crippen molar-refractivity contribution in [3.05, 3.63) is 52.1 Å². The van der Waals surface area contributed by atoms with Crippen LogP contribution in [0.5, 0.6) is 0 Å². The van der Waals surface area contributed by atoms with Gasteiger partial charge < -0.3 is 5.11 Å². The monoisotopic (exact) mass is 282 g/mol. The van der Waals surface area contributed by atoms with Crippen molar-refractivity contribution in [2.45, 2.75) is 32.9 Å². The van der Waals surface area contributed by atoms with Gasteiger partial charge in [-0.05, 0) is 37.6 Å². The summed E-state index contributed by atoms with van der Waals surface area (Å²) >= 11 is 5.97. The molecule has 0 aliphatic rings. The molecular weight excluding hydrogens is 267 g/mol. The van der Waals surface area contributed by atoms with Gasteiger partial charge in [0.2, 0.25) is 0 Å². The average molecular weight is 283 g/mol. The van der Waals surface area contributed by atoms with Crippen molar-refractivity contribution in [1.29, 1.82) is 0 Å². The number of aryl methyl sites for hydroxylation is 2. The largest absolute Gasteiger partial charge is 0.386 e. The second-order valence-electron chi connectivity index (χ2n) is 4.48. The molecule has 0 amide bonds. The Labute approximate surface area is 116 Å². The molecule has 5 heteroatoms. The van der Waals surface area contributed by atoms with Crippen molar-refractivity contribution in [2.24, 2.45) is 0 Å². The van der Waals surface area contributed by atoms with Crippen LogP contribution in [0.4, 0.5) is 4.39 Å². The van der Waals surface area contributed by atoms with E-state index >= 15 is 0 Å². The normalized spacial score (nSPS) is 12.7. The van der Waals surface area contributed by atoms with Crippen LogP contribution in [0.15, 0.2) is 24.3 Å². The van der Waals surface area contributed by atoms with Crippen molar-refractivity contribution < 1.29 is 9.50 Å². The van der Waals surface area contributed by atoms with E-state index in [-0.39, 0.29) is 5.82 Å². The van der Waals surface area contributed by atoms with E-state index in [0.717, 1.165) is 17.0 Å². The maximum absolute atomic E-state index is 13.0. The molecule has 1 N–H and O–H groups in total. The number of nitrogens with zero attached hydrogens (tertiary/aromatic N) is 2. The van der Waals surface area contributed by atoms with E-state index < -0.39 is 6.10 Å². The molecule has 0 fully saturated rings. The summed E-state index contributed by atoms with van der Waals surface area (Å²) in [6.07, 6.45) is -0.367. The Bertz CT molecular complexity index is 583. The maximum Gasteiger partial charge on any atom is 0.124 e. The molecule has 1 atom stereocenters. The first-order chi connectivity index (χ1) is 9.01. The minimum absolute atomic E-state index is 0.332. The fourth-order valence-corrected chi connectivity index (χ4v) is 2.33. The topological polar surface area (TPSA) is 38.0 Å². The Kier molecular flexibility index (Phi) is 4.22. The molecule has 0 saturated carbocycles. The van der Waals surface area contributed by atoms with Crippen molar-refractivity contribution in [3.63, 3.8) is 0 Å². The summed E-state index contributed by atoms with van der Waals surface area (Å²) in [4.78, 5) is 0. The van der Waals surface area contributed by atoms with Crippen LogP contribution >= 0.6 is 11.6 Å². The molecule has 0 saturated heterocycles. The highest BCUT2D eigenvalue weighted by Crippen LogP contribution is 2.24. The van der Waals surface area contributed by atoms with Crippen LogP contribution < -0.4 is 0 Å². The van der Waals surface area contributed by atoms with Crippen LogP contribution in [0.1, 0.15) is 30.0 Å². The molecule has 0 aliphatic carbocycles. The molecule has 0 radical (unpaired) electrons. The van der Waals surface area contributed by atoms with E-state index in [1.165, 1.54) is 12.1 Å². The summed E-state index contributed by atoms with van der Waals surface area (Å²) in [7, 11) is 0. The third-order valence-corrected chi connectivity index (χ3v) is 3.35. The molecule has 0 spiro atoms. The Morgan fingerprint density at radius 3 is 2.79 bits per heavy atom. The predicted octanol–water partition coefficient (Wildman–Crippen LogP) is 3.28. The van der Waals surface area contributed by atoms with Gasteiger partial charge in [0, 0.05) is 18.0 Å². The fourth-order valence-electron chi connectivity index (χ4n) is 2.09. The summed E-state index contributed by atoms with van der Waals surface area (Å²) in [5.41, 5.74) is 2.33. The zero-order valence-corrected chi connectivity index (χ0v) is 11.7. The van der Waals surface area contributed by atoms with Gasteiger partial charge in [-0.25, -0.2) is 4.39 Å². The van der Waals surface area contributed by atoms with Crippen molar-refractivity contribution in [3.8, 4) is 0 Å². The van der Waals surface area contributed by atoms with Gasteiger partial charge in [-0.3, -0.25) is 4.68 Å². The number of hydrogen-bond acceptors (Lipinski definition) is 2. The number of benzene rings is 1. The van der Waals surface area contributed by atoms with E-state index in [0.29, 0.717) is 18.0 Å². The molecule has 1 aromatic heterocycles. The second-order valence-corrected chi connectivity index (χ2v) is 4.89. The standard InChI is InChI=1S/C14H16ClFN2O/c1-3-18-13(6-9(2)17-18)14(19)7-10-4-5-11(16)8-12(10)15/h4-6,8,14,19H,3,7H2,1-2H3. The third kappa shape index (κ3) is 3.14. The average Bonchev–Trinajstić information content (AvgIpc) is 2.74. The lowest BCUT2D eigenvalue weighted by molar-refractivity contribution is 0.167. The summed E-state index contributed by atoms with van der Waals surface area (Å²) in [6, 6.07) is 6.05. The highest BCUT2D eigenvalue weighted by atomic mass is 35.5. The Hall–Kier alpha value is -1.39. The van der Waals surface area contributed by atoms with Gasteiger partial charge in [0.1, 0.15) is 5.82 Å². The van der Waals surface area contributed by atoms with Gasteiger partial charge in [-0.1, -0.05) is 17.7 Å². The van der Waals surface area contributed by atoms with E-state index in [2.05, 4.69) is 5.10 Å². The molecule has 0 aliphatic heterocycles. The molecule has 1 unspecified atom stereocenters. The molecular formula is C14H16ClFN2O. The van der Waals surface area contributed by atoms with Crippen molar-refractivity contribution in [2.75, 3.05) is 0 Å². The third-order valence-electron chi connectivity index (χ3n) is 3.00. The molecule has 1 aromatic carbocycles.